The number of aliphatic hydroxyl groups excluding tert-OH is 1. The van der Waals surface area contributed by atoms with Gasteiger partial charge < -0.3 is 14.7 Å². The van der Waals surface area contributed by atoms with Gasteiger partial charge in [0.05, 0.1) is 24.3 Å². The normalized spacial score (nSPS) is 18.6. The van der Waals surface area contributed by atoms with E-state index in [0.29, 0.717) is 30.1 Å². The van der Waals surface area contributed by atoms with Crippen LogP contribution in [0.5, 0.6) is 5.88 Å². The maximum absolute atomic E-state index is 13.6. The highest BCUT2D eigenvalue weighted by Crippen LogP contribution is 2.30. The molecule has 2 heterocycles. The average Bonchev–Trinajstić information content (AvgIpc) is 2.90. The summed E-state index contributed by atoms with van der Waals surface area (Å²) in [5.74, 6) is 0.0865. The summed E-state index contributed by atoms with van der Waals surface area (Å²) in [5.41, 5.74) is 3.64. The van der Waals surface area contributed by atoms with E-state index < -0.39 is 0 Å². The first-order chi connectivity index (χ1) is 17.4. The molecule has 4 rings (SSSR count). The first-order valence-electron chi connectivity index (χ1n) is 12.2. The van der Waals surface area contributed by atoms with Gasteiger partial charge in [0.15, 0.2) is 0 Å². The summed E-state index contributed by atoms with van der Waals surface area (Å²) in [6.07, 6.45) is 1.47. The van der Waals surface area contributed by atoms with Gasteiger partial charge in [-0.15, -0.1) is 0 Å². The third kappa shape index (κ3) is 5.73. The minimum absolute atomic E-state index is 0.0168. The Morgan fingerprint density at radius 1 is 1.19 bits per heavy atom. The zero-order valence-electron chi connectivity index (χ0n) is 21.0. The first kappa shape index (κ1) is 25.4. The van der Waals surface area contributed by atoms with E-state index in [9.17, 15) is 15.2 Å². The van der Waals surface area contributed by atoms with Crippen LogP contribution in [0.4, 0.5) is 0 Å². The van der Waals surface area contributed by atoms with Crippen LogP contribution in [0.2, 0.25) is 0 Å². The van der Waals surface area contributed by atoms with E-state index in [0.717, 1.165) is 17.7 Å². The molecule has 0 unspecified atom stereocenters. The number of aliphatic hydroxyl groups is 1. The summed E-state index contributed by atoms with van der Waals surface area (Å²) >= 11 is 0. The number of likely N-dealkylation sites (N-methyl/N-ethyl adjacent to an activating group) is 1. The van der Waals surface area contributed by atoms with Crippen LogP contribution >= 0.6 is 0 Å². The fourth-order valence-electron chi connectivity index (χ4n) is 4.51. The van der Waals surface area contributed by atoms with E-state index >= 15 is 0 Å². The Kier molecular flexibility index (Phi) is 7.99. The van der Waals surface area contributed by atoms with Gasteiger partial charge in [-0.3, -0.25) is 9.69 Å². The quantitative estimate of drug-likeness (QED) is 0.546. The number of amides is 1. The van der Waals surface area contributed by atoms with Crippen LogP contribution in [0, 0.1) is 17.2 Å². The van der Waals surface area contributed by atoms with Gasteiger partial charge in [-0.05, 0) is 43.3 Å². The number of pyridine rings is 1. The molecule has 0 saturated heterocycles. The molecule has 1 aromatic heterocycles. The highest BCUT2D eigenvalue weighted by atomic mass is 16.5. The van der Waals surface area contributed by atoms with Crippen molar-refractivity contribution < 1.29 is 14.6 Å². The minimum atomic E-state index is -0.348. The maximum atomic E-state index is 13.6. The number of fused-ring (bicyclic) bond motifs is 1. The number of nitrogens with zero attached hydrogens (tertiary/aromatic N) is 4. The van der Waals surface area contributed by atoms with Gasteiger partial charge in [-0.2, -0.15) is 5.26 Å². The van der Waals surface area contributed by atoms with Gasteiger partial charge >= 0.3 is 0 Å². The lowest BCUT2D eigenvalue weighted by molar-refractivity contribution is 0.0325. The van der Waals surface area contributed by atoms with E-state index in [-0.39, 0.29) is 30.6 Å². The molecular weight excluding hydrogens is 452 g/mol. The Labute approximate surface area is 212 Å². The Balaban J connectivity index is 1.67. The van der Waals surface area contributed by atoms with Gasteiger partial charge in [0.2, 0.25) is 5.88 Å². The van der Waals surface area contributed by atoms with E-state index in [1.54, 1.807) is 29.3 Å². The number of hydrogen-bond donors (Lipinski definition) is 1. The second-order valence-corrected chi connectivity index (χ2v) is 9.57. The van der Waals surface area contributed by atoms with Crippen molar-refractivity contribution >= 4 is 5.91 Å². The molecule has 186 valence electrons. The van der Waals surface area contributed by atoms with Gasteiger partial charge in [0.1, 0.15) is 11.7 Å². The lowest BCUT2D eigenvalue weighted by atomic mass is 9.98. The zero-order chi connectivity index (χ0) is 25.7. The van der Waals surface area contributed by atoms with Crippen molar-refractivity contribution in [2.45, 2.75) is 32.5 Å². The van der Waals surface area contributed by atoms with E-state index in [2.05, 4.69) is 42.1 Å². The minimum Gasteiger partial charge on any atom is -0.472 e. The Morgan fingerprint density at radius 2 is 1.97 bits per heavy atom. The molecule has 0 saturated carbocycles. The second-order valence-electron chi connectivity index (χ2n) is 9.57. The monoisotopic (exact) mass is 484 g/mol. The standard InChI is InChI=1S/C29H32N4O3/c1-20-16-33(21(2)19-34)29(35)26-13-25(24-11-7-10-23(12-24)14-30)15-31-28(26)36-27(20)18-32(3)17-22-8-5-4-6-9-22/h4-13,15,20-21,27,34H,16-19H2,1-3H3/t20-,21-,27+/m1/s1. The van der Waals surface area contributed by atoms with Crippen LogP contribution in [0.1, 0.15) is 35.3 Å². The summed E-state index contributed by atoms with van der Waals surface area (Å²) < 4.78 is 6.41. The highest BCUT2D eigenvalue weighted by Gasteiger charge is 2.34. The topological polar surface area (TPSA) is 89.7 Å². The lowest BCUT2D eigenvalue weighted by Gasteiger charge is -2.37. The predicted octanol–water partition coefficient (Wildman–Crippen LogP) is 3.97. The number of hydrogen-bond acceptors (Lipinski definition) is 6. The van der Waals surface area contributed by atoms with E-state index in [1.165, 1.54) is 5.56 Å². The number of rotatable bonds is 7. The molecule has 3 atom stereocenters. The number of carbonyl (C=O) groups is 1. The molecule has 7 heteroatoms. The summed E-state index contributed by atoms with van der Waals surface area (Å²) in [5, 5.41) is 19.2. The van der Waals surface area contributed by atoms with E-state index in [4.69, 9.17) is 4.74 Å². The largest absolute Gasteiger partial charge is 0.472 e. The van der Waals surface area contributed by atoms with Crippen LogP contribution < -0.4 is 4.74 Å². The molecule has 1 aliphatic rings. The van der Waals surface area contributed by atoms with Gasteiger partial charge in [0, 0.05) is 37.3 Å². The first-order valence-corrected chi connectivity index (χ1v) is 12.2. The van der Waals surface area contributed by atoms with Crippen molar-refractivity contribution in [1.82, 2.24) is 14.8 Å². The molecule has 3 aromatic rings. The van der Waals surface area contributed by atoms with Crippen LogP contribution in [0.3, 0.4) is 0 Å². The molecule has 0 radical (unpaired) electrons. The Bertz CT molecular complexity index is 1240. The van der Waals surface area contributed by atoms with Gasteiger partial charge in [-0.25, -0.2) is 4.98 Å². The number of ether oxygens (including phenoxy) is 1. The molecule has 1 amide bonds. The Morgan fingerprint density at radius 3 is 2.69 bits per heavy atom. The van der Waals surface area contributed by atoms with Crippen molar-refractivity contribution in [3.05, 3.63) is 83.6 Å². The van der Waals surface area contributed by atoms with Crippen LogP contribution in [-0.4, -0.2) is 64.7 Å². The summed E-state index contributed by atoms with van der Waals surface area (Å²) in [7, 11) is 2.06. The molecule has 7 nitrogen and oxygen atoms in total. The smallest absolute Gasteiger partial charge is 0.259 e. The fourth-order valence-corrected chi connectivity index (χ4v) is 4.51. The molecule has 0 aliphatic carbocycles. The van der Waals surface area contributed by atoms with Crippen molar-refractivity contribution in [3.8, 4) is 23.1 Å². The average molecular weight is 485 g/mol. The number of nitriles is 1. The summed E-state index contributed by atoms with van der Waals surface area (Å²) in [4.78, 5) is 22.1. The molecule has 36 heavy (non-hydrogen) atoms. The molecule has 2 aromatic carbocycles. The van der Waals surface area contributed by atoms with Crippen LogP contribution in [0.25, 0.3) is 11.1 Å². The van der Waals surface area contributed by atoms with E-state index in [1.807, 2.05) is 37.3 Å². The summed E-state index contributed by atoms with van der Waals surface area (Å²) in [6.45, 7) is 5.66. The lowest BCUT2D eigenvalue weighted by Crippen LogP contribution is -2.49. The van der Waals surface area contributed by atoms with Crippen LogP contribution in [0.15, 0.2) is 66.9 Å². The third-order valence-corrected chi connectivity index (χ3v) is 6.63. The number of carbonyl (C=O) groups excluding carboxylic acids is 1. The van der Waals surface area contributed by atoms with Crippen LogP contribution in [-0.2, 0) is 6.54 Å². The molecule has 0 bridgehead atoms. The molecular formula is C29H32N4O3. The van der Waals surface area contributed by atoms with Gasteiger partial charge in [0.25, 0.3) is 5.91 Å². The summed E-state index contributed by atoms with van der Waals surface area (Å²) in [6, 6.07) is 21.0. The zero-order valence-corrected chi connectivity index (χ0v) is 21.0. The van der Waals surface area contributed by atoms with Crippen molar-refractivity contribution in [2.24, 2.45) is 5.92 Å². The number of benzene rings is 2. The second kappa shape index (κ2) is 11.3. The number of aromatic nitrogens is 1. The highest BCUT2D eigenvalue weighted by molar-refractivity contribution is 5.98. The molecule has 0 fully saturated rings. The van der Waals surface area contributed by atoms with Crippen molar-refractivity contribution in [1.29, 1.82) is 5.26 Å². The Hall–Kier alpha value is -3.73. The SMILES string of the molecule is C[C@@H]1CN([C@H](C)CO)C(=O)c2cc(-c3cccc(C#N)c3)cnc2O[C@H]1CN(C)Cc1ccccc1. The van der Waals surface area contributed by atoms with Crippen molar-refractivity contribution in [3.63, 3.8) is 0 Å². The predicted molar refractivity (Wildman–Crippen MR) is 138 cm³/mol. The molecule has 0 spiro atoms. The maximum Gasteiger partial charge on any atom is 0.259 e. The molecule has 1 N–H and O–H groups in total. The molecule has 1 aliphatic heterocycles. The fraction of sp³-hybridized carbons (Fsp3) is 0.345. The van der Waals surface area contributed by atoms with Gasteiger partial charge in [-0.1, -0.05) is 49.4 Å². The third-order valence-electron chi connectivity index (χ3n) is 6.63. The van der Waals surface area contributed by atoms with Crippen molar-refractivity contribution in [2.75, 3.05) is 26.7 Å².